The van der Waals surface area contributed by atoms with Gasteiger partial charge in [0.05, 0.1) is 28.6 Å². The predicted octanol–water partition coefficient (Wildman–Crippen LogP) is 5.29. The lowest BCUT2D eigenvalue weighted by Crippen LogP contribution is -2.28. The molecule has 38 heavy (non-hydrogen) atoms. The molecule has 1 aliphatic heterocycles. The van der Waals surface area contributed by atoms with Gasteiger partial charge in [0, 0.05) is 40.8 Å². The van der Waals surface area contributed by atoms with Gasteiger partial charge in [-0.05, 0) is 30.2 Å². The molecule has 2 atom stereocenters. The topological polar surface area (TPSA) is 104 Å². The number of benzene rings is 2. The number of carbonyl (C=O) groups excluding carboxylic acids is 1. The Hall–Kier alpha value is -3.31. The number of halogens is 3. The van der Waals surface area contributed by atoms with Gasteiger partial charge in [0.25, 0.3) is 5.91 Å². The number of hydrogen-bond acceptors (Lipinski definition) is 6. The van der Waals surface area contributed by atoms with Crippen molar-refractivity contribution in [1.82, 2.24) is 24.3 Å². The summed E-state index contributed by atoms with van der Waals surface area (Å²) in [5.41, 5.74) is 9.94. The number of fused-ring (bicyclic) bond motifs is 2. The Kier molecular flexibility index (Phi) is 6.65. The van der Waals surface area contributed by atoms with Crippen molar-refractivity contribution in [3.63, 3.8) is 0 Å². The van der Waals surface area contributed by atoms with Gasteiger partial charge in [-0.3, -0.25) is 14.8 Å². The monoisotopic (exact) mass is 569 g/mol. The first-order valence-corrected chi connectivity index (χ1v) is 13.6. The molecule has 0 spiro atoms. The molecule has 1 aliphatic rings. The number of thiazole rings is 1. The largest absolute Gasteiger partial charge is 0.331 e. The minimum Gasteiger partial charge on any atom is -0.331 e. The van der Waals surface area contributed by atoms with Gasteiger partial charge >= 0.3 is 0 Å². The molecule has 0 bridgehead atoms. The summed E-state index contributed by atoms with van der Waals surface area (Å²) in [6.45, 7) is 0.772. The van der Waals surface area contributed by atoms with E-state index < -0.39 is 18.1 Å². The standard InChI is InChI=1S/C26H22Cl2FN7OS/c27-19-10-17(15-3-1-14(2-4-15)5-6-30)21(28)22-18(19)12-36(34-22)24(25(37)33-26-31-7-8-38-26)23-20-9-16(29)11-35(20)13-32-23/h1-4,7-8,10,12-13,16,24H,5-6,9,11,30H2,(H,31,33,37)/t16-,24?/m1/s1. The molecule has 0 radical (unpaired) electrons. The van der Waals surface area contributed by atoms with E-state index in [4.69, 9.17) is 34.0 Å². The SMILES string of the molecule is NCCc1ccc(-c2cc(Cl)c3cn(C(C(=O)Nc4nccs4)c4ncn5c4C[C@@H](F)C5)nc3c2Cl)cc1. The molecule has 1 unspecified atom stereocenters. The molecule has 0 saturated carbocycles. The van der Waals surface area contributed by atoms with Crippen LogP contribution in [0.5, 0.6) is 0 Å². The fourth-order valence-corrected chi connectivity index (χ4v) is 5.91. The van der Waals surface area contributed by atoms with E-state index in [2.05, 4.69) is 15.3 Å². The fraction of sp³-hybridized carbons (Fsp3) is 0.231. The molecule has 0 saturated heterocycles. The minimum atomic E-state index is -1.03. The summed E-state index contributed by atoms with van der Waals surface area (Å²) in [4.78, 5) is 22.2. The third-order valence-corrected chi connectivity index (χ3v) is 8.01. The van der Waals surface area contributed by atoms with Crippen molar-refractivity contribution in [1.29, 1.82) is 0 Å². The van der Waals surface area contributed by atoms with Crippen LogP contribution in [0.2, 0.25) is 10.0 Å². The molecule has 2 aromatic carbocycles. The number of rotatable bonds is 7. The van der Waals surface area contributed by atoms with E-state index in [1.807, 2.05) is 24.3 Å². The molecule has 194 valence electrons. The molecule has 5 aromatic rings. The van der Waals surface area contributed by atoms with Gasteiger partial charge in [-0.15, -0.1) is 11.3 Å². The number of aromatic nitrogens is 5. The van der Waals surface area contributed by atoms with E-state index in [0.29, 0.717) is 44.0 Å². The van der Waals surface area contributed by atoms with Gasteiger partial charge in [0.1, 0.15) is 11.7 Å². The second kappa shape index (κ2) is 10.1. The highest BCUT2D eigenvalue weighted by Gasteiger charge is 2.34. The van der Waals surface area contributed by atoms with Crippen LogP contribution in [-0.4, -0.2) is 42.9 Å². The van der Waals surface area contributed by atoms with Crippen molar-refractivity contribution in [2.24, 2.45) is 5.73 Å². The van der Waals surface area contributed by atoms with Gasteiger partial charge in [-0.2, -0.15) is 5.10 Å². The Morgan fingerprint density at radius 3 is 2.82 bits per heavy atom. The number of alkyl halides is 1. The van der Waals surface area contributed by atoms with E-state index in [1.165, 1.54) is 16.0 Å². The van der Waals surface area contributed by atoms with Crippen LogP contribution in [0.25, 0.3) is 22.0 Å². The lowest BCUT2D eigenvalue weighted by atomic mass is 10.0. The average Bonchev–Trinajstić information content (AvgIpc) is 3.69. The Morgan fingerprint density at radius 2 is 2.08 bits per heavy atom. The number of imidazole rings is 1. The molecule has 8 nitrogen and oxygen atoms in total. The maximum Gasteiger partial charge on any atom is 0.257 e. The van der Waals surface area contributed by atoms with E-state index in [-0.39, 0.29) is 13.0 Å². The van der Waals surface area contributed by atoms with Crippen molar-refractivity contribution < 1.29 is 9.18 Å². The molecule has 0 aliphatic carbocycles. The maximum atomic E-state index is 14.2. The van der Waals surface area contributed by atoms with Crippen molar-refractivity contribution in [3.05, 3.63) is 81.4 Å². The molecule has 3 aromatic heterocycles. The number of carbonyl (C=O) groups is 1. The van der Waals surface area contributed by atoms with Gasteiger partial charge in [0.2, 0.25) is 0 Å². The molecule has 12 heteroatoms. The van der Waals surface area contributed by atoms with E-state index in [1.54, 1.807) is 34.7 Å². The van der Waals surface area contributed by atoms with Crippen LogP contribution in [0.3, 0.4) is 0 Å². The zero-order chi connectivity index (χ0) is 26.4. The third-order valence-electron chi connectivity index (χ3n) is 6.63. The Bertz CT molecular complexity index is 1630. The number of nitrogens with zero attached hydrogens (tertiary/aromatic N) is 5. The van der Waals surface area contributed by atoms with E-state index in [0.717, 1.165) is 23.1 Å². The smallest absolute Gasteiger partial charge is 0.257 e. The summed E-state index contributed by atoms with van der Waals surface area (Å²) >= 11 is 14.9. The normalized spacial score (nSPS) is 15.6. The van der Waals surface area contributed by atoms with Gasteiger partial charge in [-0.25, -0.2) is 14.4 Å². The summed E-state index contributed by atoms with van der Waals surface area (Å²) in [5.74, 6) is -0.403. The quantitative estimate of drug-likeness (QED) is 0.277. The molecular weight excluding hydrogens is 548 g/mol. The second-order valence-corrected chi connectivity index (χ2v) is 10.8. The molecule has 6 rings (SSSR count). The van der Waals surface area contributed by atoms with Gasteiger partial charge in [0.15, 0.2) is 11.2 Å². The second-order valence-electron chi connectivity index (χ2n) is 9.09. The molecule has 1 amide bonds. The van der Waals surface area contributed by atoms with Crippen molar-refractivity contribution in [3.8, 4) is 11.1 Å². The van der Waals surface area contributed by atoms with Crippen LogP contribution < -0.4 is 11.1 Å². The highest BCUT2D eigenvalue weighted by molar-refractivity contribution is 7.13. The van der Waals surface area contributed by atoms with Crippen molar-refractivity contribution in [2.45, 2.75) is 31.6 Å². The van der Waals surface area contributed by atoms with Crippen LogP contribution in [0, 0.1) is 0 Å². The number of nitrogens with two attached hydrogens (primary N) is 1. The zero-order valence-electron chi connectivity index (χ0n) is 19.9. The summed E-state index contributed by atoms with van der Waals surface area (Å²) in [6, 6.07) is 8.76. The third kappa shape index (κ3) is 4.47. The van der Waals surface area contributed by atoms with Crippen LogP contribution >= 0.6 is 34.5 Å². The Balaban J connectivity index is 1.45. The average molecular weight is 570 g/mol. The lowest BCUT2D eigenvalue weighted by molar-refractivity contribution is -0.118. The highest BCUT2D eigenvalue weighted by atomic mass is 35.5. The fourth-order valence-electron chi connectivity index (χ4n) is 4.83. The van der Waals surface area contributed by atoms with Crippen LogP contribution in [0.1, 0.15) is 23.0 Å². The first kappa shape index (κ1) is 25.0. The summed E-state index contributed by atoms with van der Waals surface area (Å²) < 4.78 is 17.5. The predicted molar refractivity (Wildman–Crippen MR) is 148 cm³/mol. The molecule has 3 N–H and O–H groups in total. The first-order valence-electron chi connectivity index (χ1n) is 12.0. The highest BCUT2D eigenvalue weighted by Crippen LogP contribution is 2.39. The molecule has 4 heterocycles. The molecule has 0 fully saturated rings. The summed E-state index contributed by atoms with van der Waals surface area (Å²) in [5, 5.41) is 11.2. The van der Waals surface area contributed by atoms with Crippen LogP contribution in [0.15, 0.2) is 54.4 Å². The van der Waals surface area contributed by atoms with Gasteiger partial charge < -0.3 is 10.3 Å². The Morgan fingerprint density at radius 1 is 1.26 bits per heavy atom. The van der Waals surface area contributed by atoms with Crippen molar-refractivity contribution >= 4 is 56.5 Å². The molecular formula is C26H22Cl2FN7OS. The number of nitrogens with one attached hydrogen (secondary N) is 1. The van der Waals surface area contributed by atoms with Crippen LogP contribution in [0.4, 0.5) is 9.52 Å². The summed E-state index contributed by atoms with van der Waals surface area (Å²) in [6.07, 6.45) is 4.75. The number of amides is 1. The summed E-state index contributed by atoms with van der Waals surface area (Å²) in [7, 11) is 0. The lowest BCUT2D eigenvalue weighted by Gasteiger charge is -2.16. The zero-order valence-corrected chi connectivity index (χ0v) is 22.3. The van der Waals surface area contributed by atoms with Crippen LogP contribution in [-0.2, 0) is 24.2 Å². The van der Waals surface area contributed by atoms with Gasteiger partial charge in [-0.1, -0.05) is 47.5 Å². The Labute approximate surface area is 231 Å². The van der Waals surface area contributed by atoms with E-state index in [9.17, 15) is 9.18 Å². The minimum absolute atomic E-state index is 0.170. The van der Waals surface area contributed by atoms with E-state index >= 15 is 0 Å². The maximum absolute atomic E-state index is 14.2. The number of hydrogen-bond donors (Lipinski definition) is 2. The van der Waals surface area contributed by atoms with Crippen molar-refractivity contribution in [2.75, 3.05) is 11.9 Å². The first-order chi connectivity index (χ1) is 18.4. The number of anilines is 1.